The molecule has 7 heteroatoms. The van der Waals surface area contributed by atoms with Gasteiger partial charge in [-0.2, -0.15) is 0 Å². The van der Waals surface area contributed by atoms with Crippen molar-refractivity contribution in [1.82, 2.24) is 10.2 Å². The normalized spacial score (nSPS) is 13.9. The van der Waals surface area contributed by atoms with Gasteiger partial charge in [0.15, 0.2) is 6.73 Å². The first-order valence-electron chi connectivity index (χ1n) is 8.44. The van der Waals surface area contributed by atoms with Crippen molar-refractivity contribution in [2.24, 2.45) is 0 Å². The highest BCUT2D eigenvalue weighted by atomic mass is 16.5. The molecule has 2 aromatic carbocycles. The first-order chi connectivity index (χ1) is 13.0. The predicted molar refractivity (Wildman–Crippen MR) is 95.9 cm³/mol. The van der Waals surface area contributed by atoms with Crippen LogP contribution in [0.2, 0.25) is 0 Å². The summed E-state index contributed by atoms with van der Waals surface area (Å²) in [7, 11) is 0. The van der Waals surface area contributed by atoms with Crippen LogP contribution in [0.25, 0.3) is 0 Å². The van der Waals surface area contributed by atoms with Gasteiger partial charge in [-0.1, -0.05) is 30.3 Å². The van der Waals surface area contributed by atoms with Crippen molar-refractivity contribution >= 4 is 23.7 Å². The smallest absolute Gasteiger partial charge is 0.309 e. The van der Waals surface area contributed by atoms with Crippen molar-refractivity contribution < 1.29 is 23.9 Å². The monoisotopic (exact) mass is 366 g/mol. The standard InChI is InChI=1S/C20H18N2O5/c1-13(21-18(24)14-7-3-2-4-8-14)11-17(23)27-12-22-19(25)15-9-5-6-10-16(15)20(22)26/h2-10,13H,11-12H2,1H3,(H,21,24). The van der Waals surface area contributed by atoms with Crippen LogP contribution in [-0.2, 0) is 9.53 Å². The van der Waals surface area contributed by atoms with Gasteiger partial charge >= 0.3 is 5.97 Å². The Labute approximate surface area is 155 Å². The number of esters is 1. The highest BCUT2D eigenvalue weighted by Crippen LogP contribution is 2.22. The topological polar surface area (TPSA) is 92.8 Å². The molecule has 0 saturated carbocycles. The van der Waals surface area contributed by atoms with E-state index in [-0.39, 0.29) is 12.3 Å². The highest BCUT2D eigenvalue weighted by molar-refractivity contribution is 6.21. The van der Waals surface area contributed by atoms with E-state index in [0.717, 1.165) is 4.90 Å². The number of imide groups is 1. The van der Waals surface area contributed by atoms with Gasteiger partial charge in [0, 0.05) is 11.6 Å². The maximum Gasteiger partial charge on any atom is 0.309 e. The van der Waals surface area contributed by atoms with Crippen molar-refractivity contribution in [2.75, 3.05) is 6.73 Å². The van der Waals surface area contributed by atoms with E-state index in [4.69, 9.17) is 4.74 Å². The number of carbonyl (C=O) groups excluding carboxylic acids is 4. The number of rotatable bonds is 6. The average molecular weight is 366 g/mol. The maximum atomic E-state index is 12.2. The molecule has 3 amide bonds. The van der Waals surface area contributed by atoms with Crippen molar-refractivity contribution in [3.63, 3.8) is 0 Å². The van der Waals surface area contributed by atoms with Gasteiger partial charge in [0.05, 0.1) is 17.5 Å². The fourth-order valence-electron chi connectivity index (χ4n) is 2.75. The number of nitrogens with zero attached hydrogens (tertiary/aromatic N) is 1. The van der Waals surface area contributed by atoms with Crippen molar-refractivity contribution in [3.8, 4) is 0 Å². The van der Waals surface area contributed by atoms with Crippen LogP contribution in [0.1, 0.15) is 44.4 Å². The van der Waals surface area contributed by atoms with Crippen LogP contribution in [0.5, 0.6) is 0 Å². The lowest BCUT2D eigenvalue weighted by Crippen LogP contribution is -2.36. The van der Waals surface area contributed by atoms with Crippen LogP contribution in [0, 0.1) is 0 Å². The van der Waals surface area contributed by atoms with Crippen molar-refractivity contribution in [2.45, 2.75) is 19.4 Å². The van der Waals surface area contributed by atoms with Gasteiger partial charge in [0.1, 0.15) is 0 Å². The summed E-state index contributed by atoms with van der Waals surface area (Å²) in [4.78, 5) is 49.3. The molecule has 0 radical (unpaired) electrons. The third kappa shape index (κ3) is 4.03. The summed E-state index contributed by atoms with van der Waals surface area (Å²) in [5.74, 6) is -1.90. The predicted octanol–water partition coefficient (Wildman–Crippen LogP) is 1.99. The summed E-state index contributed by atoms with van der Waals surface area (Å²) in [6, 6.07) is 14.6. The Morgan fingerprint density at radius 1 is 0.963 bits per heavy atom. The summed E-state index contributed by atoms with van der Waals surface area (Å²) in [6.07, 6.45) is -0.0816. The van der Waals surface area contributed by atoms with E-state index >= 15 is 0 Å². The van der Waals surface area contributed by atoms with Gasteiger partial charge < -0.3 is 10.1 Å². The lowest BCUT2D eigenvalue weighted by Gasteiger charge is -2.16. The Hall–Kier alpha value is -3.48. The molecule has 138 valence electrons. The van der Waals surface area contributed by atoms with E-state index in [9.17, 15) is 19.2 Å². The van der Waals surface area contributed by atoms with Gasteiger partial charge in [0.25, 0.3) is 17.7 Å². The number of amides is 3. The molecule has 0 spiro atoms. The van der Waals surface area contributed by atoms with Crippen molar-refractivity contribution in [3.05, 3.63) is 71.3 Å². The SMILES string of the molecule is CC(CC(=O)OCN1C(=O)c2ccccc2C1=O)NC(=O)c1ccccc1. The molecule has 1 aliphatic heterocycles. The fourth-order valence-corrected chi connectivity index (χ4v) is 2.75. The van der Waals surface area contributed by atoms with Crippen LogP contribution in [0.4, 0.5) is 0 Å². The second-order valence-corrected chi connectivity index (χ2v) is 6.17. The largest absolute Gasteiger partial charge is 0.444 e. The van der Waals surface area contributed by atoms with E-state index in [2.05, 4.69) is 5.32 Å². The summed E-state index contributed by atoms with van der Waals surface area (Å²) in [6.45, 7) is 1.22. The number of nitrogens with one attached hydrogen (secondary N) is 1. The van der Waals surface area contributed by atoms with Gasteiger partial charge in [-0.25, -0.2) is 4.90 Å². The molecular formula is C20H18N2O5. The molecule has 3 rings (SSSR count). The zero-order chi connectivity index (χ0) is 19.4. The number of fused-ring (bicyclic) bond motifs is 1. The van der Waals surface area contributed by atoms with E-state index in [0.29, 0.717) is 16.7 Å². The second-order valence-electron chi connectivity index (χ2n) is 6.17. The number of benzene rings is 2. The zero-order valence-corrected chi connectivity index (χ0v) is 14.7. The molecule has 1 atom stereocenters. The lowest BCUT2D eigenvalue weighted by molar-refractivity contribution is -0.146. The molecule has 7 nitrogen and oxygen atoms in total. The maximum absolute atomic E-state index is 12.2. The van der Waals surface area contributed by atoms with E-state index in [1.54, 1.807) is 61.5 Å². The van der Waals surface area contributed by atoms with Gasteiger partial charge in [-0.3, -0.25) is 19.2 Å². The quantitative estimate of drug-likeness (QED) is 0.623. The molecule has 2 aromatic rings. The number of hydrogen-bond acceptors (Lipinski definition) is 5. The highest BCUT2D eigenvalue weighted by Gasteiger charge is 2.35. The minimum Gasteiger partial charge on any atom is -0.444 e. The summed E-state index contributed by atoms with van der Waals surface area (Å²) in [5, 5.41) is 2.70. The molecule has 27 heavy (non-hydrogen) atoms. The number of hydrogen-bond donors (Lipinski definition) is 1. The molecule has 0 bridgehead atoms. The van der Waals surface area contributed by atoms with Crippen LogP contribution in [0.3, 0.4) is 0 Å². The number of ether oxygens (including phenoxy) is 1. The van der Waals surface area contributed by atoms with Crippen molar-refractivity contribution in [1.29, 1.82) is 0 Å². The van der Waals surface area contributed by atoms with Crippen LogP contribution >= 0.6 is 0 Å². The Morgan fingerprint density at radius 2 is 1.52 bits per heavy atom. The fraction of sp³-hybridized carbons (Fsp3) is 0.200. The molecule has 0 aromatic heterocycles. The molecule has 1 aliphatic rings. The number of carbonyl (C=O) groups is 4. The third-order valence-electron chi connectivity index (χ3n) is 4.12. The summed E-state index contributed by atoms with van der Waals surface area (Å²) < 4.78 is 5.05. The minimum absolute atomic E-state index is 0.0816. The van der Waals surface area contributed by atoms with Crippen LogP contribution in [0.15, 0.2) is 54.6 Å². The third-order valence-corrected chi connectivity index (χ3v) is 4.12. The lowest BCUT2D eigenvalue weighted by atomic mass is 10.1. The first-order valence-corrected chi connectivity index (χ1v) is 8.44. The minimum atomic E-state index is -0.618. The van der Waals surface area contributed by atoms with Crippen LogP contribution in [-0.4, -0.2) is 41.4 Å². The molecule has 1 heterocycles. The molecular weight excluding hydrogens is 348 g/mol. The Morgan fingerprint density at radius 3 is 2.11 bits per heavy atom. The molecule has 0 fully saturated rings. The van der Waals surface area contributed by atoms with E-state index in [1.807, 2.05) is 0 Å². The zero-order valence-electron chi connectivity index (χ0n) is 14.7. The average Bonchev–Trinajstić information content (AvgIpc) is 2.91. The van der Waals surface area contributed by atoms with Crippen LogP contribution < -0.4 is 5.32 Å². The Kier molecular flexibility index (Phi) is 5.30. The molecule has 1 N–H and O–H groups in total. The summed E-state index contributed by atoms with van der Waals surface area (Å²) >= 11 is 0. The van der Waals surface area contributed by atoms with E-state index in [1.165, 1.54) is 0 Å². The van der Waals surface area contributed by atoms with Gasteiger partial charge in [0.2, 0.25) is 0 Å². The summed E-state index contributed by atoms with van der Waals surface area (Å²) in [5.41, 5.74) is 1.08. The Balaban J connectivity index is 1.49. The van der Waals surface area contributed by atoms with E-state index < -0.39 is 30.6 Å². The molecule has 0 aliphatic carbocycles. The van der Waals surface area contributed by atoms with Gasteiger partial charge in [-0.15, -0.1) is 0 Å². The first kappa shape index (κ1) is 18.3. The van der Waals surface area contributed by atoms with Gasteiger partial charge in [-0.05, 0) is 31.2 Å². The second kappa shape index (κ2) is 7.82. The molecule has 1 unspecified atom stereocenters. The Bertz CT molecular complexity index is 859. The molecule has 0 saturated heterocycles.